The molecule has 3 aliphatic carbocycles. The van der Waals surface area contributed by atoms with Gasteiger partial charge >= 0.3 is 12.1 Å². The Bertz CT molecular complexity index is 1280. The molecule has 6 amide bonds. The summed E-state index contributed by atoms with van der Waals surface area (Å²) in [4.78, 5) is 81.7. The topological polar surface area (TPSA) is 175 Å². The summed E-state index contributed by atoms with van der Waals surface area (Å²) in [5, 5.41) is 14.0. The Labute approximate surface area is 290 Å². The average Bonchev–Trinajstić information content (AvgIpc) is 3.72. The summed E-state index contributed by atoms with van der Waals surface area (Å²) in [6.45, 7) is 17.6. The molecule has 4 rings (SSSR count). The minimum atomic E-state index is -0.989. The summed E-state index contributed by atoms with van der Waals surface area (Å²) in [5.74, 6) is -2.10. The van der Waals surface area contributed by atoms with Crippen LogP contribution in [0.1, 0.15) is 93.4 Å². The number of ketones is 1. The van der Waals surface area contributed by atoms with Crippen molar-refractivity contribution in [1.29, 1.82) is 0 Å². The molecule has 1 aliphatic heterocycles. The predicted molar refractivity (Wildman–Crippen MR) is 184 cm³/mol. The molecule has 49 heavy (non-hydrogen) atoms. The van der Waals surface area contributed by atoms with Crippen LogP contribution in [0.4, 0.5) is 9.59 Å². The van der Waals surface area contributed by atoms with E-state index in [9.17, 15) is 28.8 Å². The first-order chi connectivity index (χ1) is 22.9. The number of piperidine rings is 1. The van der Waals surface area contributed by atoms with Gasteiger partial charge in [-0.15, -0.1) is 6.58 Å². The third-order valence-corrected chi connectivity index (χ3v) is 10.9. The number of ether oxygens (including phenoxy) is 1. The third kappa shape index (κ3) is 9.54. The second-order valence-corrected chi connectivity index (χ2v) is 16.4. The van der Waals surface area contributed by atoms with Crippen molar-refractivity contribution < 1.29 is 33.5 Å². The van der Waals surface area contributed by atoms with E-state index in [4.69, 9.17) is 4.74 Å². The van der Waals surface area contributed by atoms with Gasteiger partial charge in [-0.05, 0) is 67.6 Å². The monoisotopic (exact) mass is 686 g/mol. The molecule has 4 aliphatic rings. The fourth-order valence-corrected chi connectivity index (χ4v) is 7.54. The number of amides is 6. The Kier molecular flexibility index (Phi) is 12.1. The zero-order valence-corrected chi connectivity index (χ0v) is 30.4. The molecular weight excluding hydrogens is 628 g/mol. The molecule has 3 saturated carbocycles. The van der Waals surface area contributed by atoms with Crippen molar-refractivity contribution in [3.63, 3.8) is 0 Å². The van der Waals surface area contributed by atoms with Crippen LogP contribution in [-0.2, 0) is 23.9 Å². The van der Waals surface area contributed by atoms with E-state index in [1.54, 1.807) is 4.90 Å². The van der Waals surface area contributed by atoms with Crippen LogP contribution in [-0.4, -0.2) is 90.4 Å². The summed E-state index contributed by atoms with van der Waals surface area (Å²) in [6.07, 6.45) is 6.53. The number of carbonyl (C=O) groups is 6. The van der Waals surface area contributed by atoms with Gasteiger partial charge in [-0.25, -0.2) is 9.59 Å². The van der Waals surface area contributed by atoms with Crippen LogP contribution in [0.25, 0.3) is 0 Å². The van der Waals surface area contributed by atoms with E-state index in [2.05, 4.69) is 47.0 Å². The van der Waals surface area contributed by atoms with Gasteiger partial charge in [-0.2, -0.15) is 0 Å². The van der Waals surface area contributed by atoms with Crippen molar-refractivity contribution in [2.24, 2.45) is 34.5 Å². The molecule has 6 atom stereocenters. The first-order valence-corrected chi connectivity index (χ1v) is 18.0. The molecule has 0 spiro atoms. The zero-order chi connectivity index (χ0) is 36.3. The molecular formula is C36H58N6O7. The fourth-order valence-electron chi connectivity index (χ4n) is 7.54. The van der Waals surface area contributed by atoms with Crippen molar-refractivity contribution >= 4 is 35.6 Å². The van der Waals surface area contributed by atoms with Crippen LogP contribution in [0, 0.1) is 34.5 Å². The van der Waals surface area contributed by atoms with Crippen molar-refractivity contribution in [2.75, 3.05) is 19.7 Å². The van der Waals surface area contributed by atoms with E-state index in [1.165, 1.54) is 6.08 Å². The van der Waals surface area contributed by atoms with Gasteiger partial charge < -0.3 is 36.2 Å². The minimum Gasteiger partial charge on any atom is -0.447 e. The number of rotatable bonds is 15. The maximum absolute atomic E-state index is 14.5. The number of likely N-dealkylation sites (tertiary alicyclic amines) is 1. The van der Waals surface area contributed by atoms with Crippen LogP contribution in [0.2, 0.25) is 0 Å². The van der Waals surface area contributed by atoms with E-state index >= 15 is 0 Å². The normalized spacial score (nSPS) is 24.6. The van der Waals surface area contributed by atoms with Gasteiger partial charge in [0.15, 0.2) is 0 Å². The van der Waals surface area contributed by atoms with Gasteiger partial charge in [-0.1, -0.05) is 66.4 Å². The highest BCUT2D eigenvalue weighted by molar-refractivity contribution is 6.38. The number of alkyl carbamates (subject to hydrolysis) is 1. The second-order valence-electron chi connectivity index (χ2n) is 16.4. The van der Waals surface area contributed by atoms with Crippen molar-refractivity contribution in [3.8, 4) is 0 Å². The highest BCUT2D eigenvalue weighted by Gasteiger charge is 2.69. The highest BCUT2D eigenvalue weighted by Crippen LogP contribution is 2.65. The number of carbonyl (C=O) groups excluding carboxylic acids is 6. The summed E-state index contributed by atoms with van der Waals surface area (Å²) in [7, 11) is 0. The highest BCUT2D eigenvalue weighted by atomic mass is 16.5. The first kappa shape index (κ1) is 38.2. The average molecular weight is 687 g/mol. The van der Waals surface area contributed by atoms with Crippen molar-refractivity contribution in [1.82, 2.24) is 31.5 Å². The molecule has 13 nitrogen and oxygen atoms in total. The number of Topliss-reactive ketones (excluding diaryl/α,β-unsaturated/α-hetero) is 1. The lowest BCUT2D eigenvalue weighted by Gasteiger charge is -2.36. The predicted octanol–water partition coefficient (Wildman–Crippen LogP) is 3.03. The number of urea groups is 1. The lowest BCUT2D eigenvalue weighted by molar-refractivity contribution is -0.144. The SMILES string of the molecule is C=CCNC(=O)C(=O)C(CC1CC1)NC(=O)[C@@H]1[C@@H]2[C@H](CN1C(=O)[C@@H](NC(=O)N[C@H](COC(=O)NC(C)C)C(C)(C)C)C1CCCC1)C2(C)C. The van der Waals surface area contributed by atoms with Gasteiger partial charge in [0.05, 0.1) is 12.1 Å². The lowest BCUT2D eigenvalue weighted by atomic mass is 9.87. The van der Waals surface area contributed by atoms with Gasteiger partial charge in [0, 0.05) is 19.1 Å². The Morgan fingerprint density at radius 3 is 2.18 bits per heavy atom. The number of fused-ring (bicyclic) bond motifs is 1. The molecule has 0 radical (unpaired) electrons. The largest absolute Gasteiger partial charge is 0.447 e. The Balaban J connectivity index is 1.50. The van der Waals surface area contributed by atoms with Crippen molar-refractivity contribution in [2.45, 2.75) is 124 Å². The third-order valence-electron chi connectivity index (χ3n) is 10.9. The van der Waals surface area contributed by atoms with Crippen molar-refractivity contribution in [3.05, 3.63) is 12.7 Å². The maximum atomic E-state index is 14.5. The minimum absolute atomic E-state index is 0.0588. The van der Waals surface area contributed by atoms with E-state index in [0.29, 0.717) is 13.0 Å². The molecule has 0 aromatic carbocycles. The van der Waals surface area contributed by atoms with Crippen LogP contribution in [0.3, 0.4) is 0 Å². The number of hydrogen-bond acceptors (Lipinski definition) is 7. The van der Waals surface area contributed by atoms with Gasteiger partial charge in [-0.3, -0.25) is 19.2 Å². The number of hydrogen-bond donors (Lipinski definition) is 5. The van der Waals surface area contributed by atoms with Gasteiger partial charge in [0.2, 0.25) is 17.6 Å². The Morgan fingerprint density at radius 1 is 0.959 bits per heavy atom. The summed E-state index contributed by atoms with van der Waals surface area (Å²) >= 11 is 0. The smallest absolute Gasteiger partial charge is 0.407 e. The van der Waals surface area contributed by atoms with Crippen LogP contribution in [0.5, 0.6) is 0 Å². The molecule has 4 fully saturated rings. The lowest BCUT2D eigenvalue weighted by Crippen LogP contribution is -2.61. The van der Waals surface area contributed by atoms with Crippen LogP contribution < -0.4 is 26.6 Å². The fraction of sp³-hybridized carbons (Fsp3) is 0.778. The molecule has 0 aromatic heterocycles. The summed E-state index contributed by atoms with van der Waals surface area (Å²) in [6, 6.07) is -3.89. The van der Waals surface area contributed by atoms with E-state index in [-0.39, 0.29) is 54.2 Å². The quantitative estimate of drug-likeness (QED) is 0.130. The number of nitrogens with one attached hydrogen (secondary N) is 5. The first-order valence-electron chi connectivity index (χ1n) is 18.0. The second kappa shape index (κ2) is 15.5. The number of nitrogens with zero attached hydrogens (tertiary/aromatic N) is 1. The van der Waals surface area contributed by atoms with E-state index in [0.717, 1.165) is 38.5 Å². The molecule has 5 N–H and O–H groups in total. The molecule has 0 aromatic rings. The molecule has 274 valence electrons. The summed E-state index contributed by atoms with van der Waals surface area (Å²) < 4.78 is 5.40. The Morgan fingerprint density at radius 2 is 1.61 bits per heavy atom. The zero-order valence-electron chi connectivity index (χ0n) is 30.4. The van der Waals surface area contributed by atoms with Crippen LogP contribution >= 0.6 is 0 Å². The maximum Gasteiger partial charge on any atom is 0.407 e. The van der Waals surface area contributed by atoms with Gasteiger partial charge in [0.25, 0.3) is 5.91 Å². The van der Waals surface area contributed by atoms with E-state index in [1.807, 2.05) is 34.6 Å². The molecule has 1 heterocycles. The standard InChI is InChI=1S/C36H58N6O7/c1-9-16-37-31(45)29(43)24(17-21-14-15-21)39-30(44)28-26-23(36(26,7)8)18-42(28)32(46)27(22-12-10-11-13-22)41-33(47)40-25(35(4,5)6)19-49-34(48)38-20(2)3/h9,20-28H,1,10-19H2,2-8H3,(H,37,45)(H,38,48)(H,39,44)(H2,40,41,47)/t23-,24?,25+,26-,27-,28-/m0/s1. The molecule has 0 bridgehead atoms. The molecule has 1 saturated heterocycles. The van der Waals surface area contributed by atoms with Crippen LogP contribution in [0.15, 0.2) is 12.7 Å². The van der Waals surface area contributed by atoms with E-state index < -0.39 is 59.3 Å². The molecule has 13 heteroatoms. The summed E-state index contributed by atoms with van der Waals surface area (Å²) in [5.41, 5.74) is -0.643. The Hall–Kier alpha value is -3.64. The van der Waals surface area contributed by atoms with Gasteiger partial charge in [0.1, 0.15) is 18.7 Å². The molecule has 1 unspecified atom stereocenters.